The van der Waals surface area contributed by atoms with Gasteiger partial charge in [0.2, 0.25) is 0 Å². The van der Waals surface area contributed by atoms with Gasteiger partial charge in [-0.2, -0.15) is 5.10 Å². The molecule has 134 valence electrons. The molecule has 0 spiro atoms. The van der Waals surface area contributed by atoms with Crippen molar-refractivity contribution in [2.75, 3.05) is 11.1 Å². The molecule has 1 aromatic carbocycles. The van der Waals surface area contributed by atoms with E-state index in [1.165, 1.54) is 19.1 Å². The Kier molecular flexibility index (Phi) is 5.92. The number of anilines is 1. The second-order valence-corrected chi connectivity index (χ2v) is 7.70. The Labute approximate surface area is 146 Å². The van der Waals surface area contributed by atoms with Gasteiger partial charge in [-0.1, -0.05) is 19.1 Å². The molecule has 2 rings (SSSR count). The molecule has 9 heteroatoms. The summed E-state index contributed by atoms with van der Waals surface area (Å²) in [5.74, 6) is -1.87. The summed E-state index contributed by atoms with van der Waals surface area (Å²) in [5.41, 5.74) is 0.0872. The van der Waals surface area contributed by atoms with E-state index in [2.05, 4.69) is 15.7 Å². The summed E-state index contributed by atoms with van der Waals surface area (Å²) < 4.78 is 25.8. The van der Waals surface area contributed by atoms with E-state index in [1.807, 2.05) is 0 Å². The Morgan fingerprint density at radius 2 is 1.92 bits per heavy atom. The standard InChI is InChI=1S/C16H20N4O4S/c1-3-25(23,24)14-8-5-4-7-13(14)19-16(22)15(21)18-12(2)11-20-10-6-9-17-20/h4-10,12H,3,11H2,1-2H3,(H,18,21)(H,19,22)/t12-/m1/s1. The molecule has 25 heavy (non-hydrogen) atoms. The predicted octanol–water partition coefficient (Wildman–Crippen LogP) is 0.820. The second kappa shape index (κ2) is 7.93. The molecule has 0 unspecified atom stereocenters. The molecular weight excluding hydrogens is 344 g/mol. The highest BCUT2D eigenvalue weighted by molar-refractivity contribution is 7.91. The molecular formula is C16H20N4O4S. The van der Waals surface area contributed by atoms with Crippen LogP contribution in [-0.4, -0.2) is 41.8 Å². The van der Waals surface area contributed by atoms with E-state index in [4.69, 9.17) is 0 Å². The number of nitrogens with one attached hydrogen (secondary N) is 2. The second-order valence-electron chi connectivity index (χ2n) is 5.46. The smallest absolute Gasteiger partial charge is 0.313 e. The number of nitrogens with zero attached hydrogens (tertiary/aromatic N) is 2. The Bertz CT molecular complexity index is 847. The Balaban J connectivity index is 2.03. The third-order valence-corrected chi connectivity index (χ3v) is 5.24. The van der Waals surface area contributed by atoms with Gasteiger partial charge in [-0.15, -0.1) is 0 Å². The van der Waals surface area contributed by atoms with Crippen LogP contribution < -0.4 is 10.6 Å². The van der Waals surface area contributed by atoms with E-state index >= 15 is 0 Å². The lowest BCUT2D eigenvalue weighted by Gasteiger charge is -2.14. The van der Waals surface area contributed by atoms with Gasteiger partial charge in [0.1, 0.15) is 0 Å². The number of amides is 2. The molecule has 1 aromatic heterocycles. The Hall–Kier alpha value is -2.68. The minimum Gasteiger partial charge on any atom is -0.344 e. The van der Waals surface area contributed by atoms with Crippen LogP contribution in [0.1, 0.15) is 13.8 Å². The first-order valence-electron chi connectivity index (χ1n) is 7.74. The van der Waals surface area contributed by atoms with Crippen LogP contribution in [0.4, 0.5) is 5.69 Å². The van der Waals surface area contributed by atoms with Gasteiger partial charge in [0, 0.05) is 18.4 Å². The first-order valence-corrected chi connectivity index (χ1v) is 9.39. The number of para-hydroxylation sites is 1. The van der Waals surface area contributed by atoms with Crippen molar-refractivity contribution in [3.8, 4) is 0 Å². The van der Waals surface area contributed by atoms with E-state index in [0.29, 0.717) is 6.54 Å². The van der Waals surface area contributed by atoms with Crippen LogP contribution in [0, 0.1) is 0 Å². The van der Waals surface area contributed by atoms with Gasteiger partial charge in [0.05, 0.1) is 22.9 Å². The molecule has 0 aliphatic carbocycles. The van der Waals surface area contributed by atoms with Crippen molar-refractivity contribution in [3.05, 3.63) is 42.7 Å². The van der Waals surface area contributed by atoms with Gasteiger partial charge < -0.3 is 10.6 Å². The fraction of sp³-hybridized carbons (Fsp3) is 0.312. The quantitative estimate of drug-likeness (QED) is 0.738. The van der Waals surface area contributed by atoms with Crippen LogP contribution in [0.25, 0.3) is 0 Å². The fourth-order valence-corrected chi connectivity index (χ4v) is 3.25. The lowest BCUT2D eigenvalue weighted by Crippen LogP contribution is -2.42. The number of sulfone groups is 1. The molecule has 0 fully saturated rings. The number of rotatable bonds is 6. The van der Waals surface area contributed by atoms with Gasteiger partial charge in [0.15, 0.2) is 9.84 Å². The summed E-state index contributed by atoms with van der Waals surface area (Å²) in [7, 11) is -3.52. The third-order valence-electron chi connectivity index (χ3n) is 3.45. The van der Waals surface area contributed by atoms with Gasteiger partial charge in [-0.25, -0.2) is 8.42 Å². The van der Waals surface area contributed by atoms with E-state index in [-0.39, 0.29) is 22.4 Å². The first-order chi connectivity index (χ1) is 11.8. The average molecular weight is 364 g/mol. The summed E-state index contributed by atoms with van der Waals surface area (Å²) in [6.07, 6.45) is 3.36. The maximum atomic E-state index is 12.1. The van der Waals surface area contributed by atoms with Crippen LogP contribution in [-0.2, 0) is 26.0 Å². The largest absolute Gasteiger partial charge is 0.344 e. The summed E-state index contributed by atoms with van der Waals surface area (Å²) in [4.78, 5) is 24.1. The summed E-state index contributed by atoms with van der Waals surface area (Å²) >= 11 is 0. The van der Waals surface area contributed by atoms with E-state index in [0.717, 1.165) is 0 Å². The highest BCUT2D eigenvalue weighted by Gasteiger charge is 2.21. The van der Waals surface area contributed by atoms with E-state index in [1.54, 1.807) is 42.2 Å². The summed E-state index contributed by atoms with van der Waals surface area (Å²) in [6, 6.07) is 7.42. The molecule has 0 bridgehead atoms. The minimum atomic E-state index is -3.52. The number of hydrogen-bond donors (Lipinski definition) is 2. The van der Waals surface area contributed by atoms with E-state index in [9.17, 15) is 18.0 Å². The van der Waals surface area contributed by atoms with Crippen LogP contribution >= 0.6 is 0 Å². The van der Waals surface area contributed by atoms with Crippen LogP contribution in [0.2, 0.25) is 0 Å². The summed E-state index contributed by atoms with van der Waals surface area (Å²) in [6.45, 7) is 3.66. The van der Waals surface area contributed by atoms with E-state index < -0.39 is 21.7 Å². The molecule has 0 saturated carbocycles. The van der Waals surface area contributed by atoms with Gasteiger partial charge >= 0.3 is 11.8 Å². The molecule has 0 saturated heterocycles. The zero-order chi connectivity index (χ0) is 18.4. The molecule has 0 radical (unpaired) electrons. The third kappa shape index (κ3) is 4.90. The minimum absolute atomic E-state index is 0.0109. The highest BCUT2D eigenvalue weighted by Crippen LogP contribution is 2.21. The highest BCUT2D eigenvalue weighted by atomic mass is 32.2. The first kappa shape index (κ1) is 18.7. The van der Waals surface area contributed by atoms with Crippen LogP contribution in [0.5, 0.6) is 0 Å². The Morgan fingerprint density at radius 3 is 2.56 bits per heavy atom. The van der Waals surface area contributed by atoms with Gasteiger partial charge in [0.25, 0.3) is 0 Å². The number of aromatic nitrogens is 2. The van der Waals surface area contributed by atoms with Crippen molar-refractivity contribution in [2.24, 2.45) is 0 Å². The number of benzene rings is 1. The molecule has 8 nitrogen and oxygen atoms in total. The topological polar surface area (TPSA) is 110 Å². The maximum Gasteiger partial charge on any atom is 0.313 e. The van der Waals surface area contributed by atoms with Gasteiger partial charge in [-0.05, 0) is 25.1 Å². The predicted molar refractivity (Wildman–Crippen MR) is 92.6 cm³/mol. The Morgan fingerprint density at radius 1 is 1.20 bits per heavy atom. The average Bonchev–Trinajstić information content (AvgIpc) is 3.07. The van der Waals surface area contributed by atoms with Crippen LogP contribution in [0.3, 0.4) is 0 Å². The van der Waals surface area contributed by atoms with Crippen molar-refractivity contribution >= 4 is 27.3 Å². The van der Waals surface area contributed by atoms with Crippen molar-refractivity contribution < 1.29 is 18.0 Å². The molecule has 0 aliphatic rings. The number of hydrogen-bond acceptors (Lipinski definition) is 5. The SMILES string of the molecule is CCS(=O)(=O)c1ccccc1NC(=O)C(=O)N[C@H](C)Cn1cccn1. The summed E-state index contributed by atoms with van der Waals surface area (Å²) in [5, 5.41) is 8.93. The molecule has 0 aliphatic heterocycles. The van der Waals surface area contributed by atoms with Crippen molar-refractivity contribution in [3.63, 3.8) is 0 Å². The number of carbonyl (C=O) groups is 2. The van der Waals surface area contributed by atoms with Gasteiger partial charge in [-0.3, -0.25) is 14.3 Å². The van der Waals surface area contributed by atoms with Crippen LogP contribution in [0.15, 0.2) is 47.6 Å². The zero-order valence-electron chi connectivity index (χ0n) is 14.0. The molecule has 1 heterocycles. The lowest BCUT2D eigenvalue weighted by molar-refractivity contribution is -0.136. The monoisotopic (exact) mass is 364 g/mol. The van der Waals surface area contributed by atoms with Crippen molar-refractivity contribution in [1.82, 2.24) is 15.1 Å². The number of carbonyl (C=O) groups excluding carboxylic acids is 2. The maximum absolute atomic E-state index is 12.1. The normalized spacial score (nSPS) is 12.4. The molecule has 1 atom stereocenters. The molecule has 2 amide bonds. The fourth-order valence-electron chi connectivity index (χ4n) is 2.20. The zero-order valence-corrected chi connectivity index (χ0v) is 14.8. The van der Waals surface area contributed by atoms with Crippen molar-refractivity contribution in [1.29, 1.82) is 0 Å². The lowest BCUT2D eigenvalue weighted by atomic mass is 10.3. The van der Waals surface area contributed by atoms with Crippen molar-refractivity contribution in [2.45, 2.75) is 31.3 Å². The molecule has 2 N–H and O–H groups in total. The molecule has 2 aromatic rings.